The topological polar surface area (TPSA) is 67.9 Å². The smallest absolute Gasteiger partial charge is 0.309 e. The molecule has 2 N–H and O–H groups in total. The van der Waals surface area contributed by atoms with Crippen molar-refractivity contribution < 1.29 is 14.0 Å². The van der Waals surface area contributed by atoms with Crippen LogP contribution in [0.4, 0.5) is 15.8 Å². The summed E-state index contributed by atoms with van der Waals surface area (Å²) in [7, 11) is 3.99. The monoisotopic (exact) mass is 441 g/mol. The van der Waals surface area contributed by atoms with Gasteiger partial charge in [-0.1, -0.05) is 12.1 Å². The second kappa shape index (κ2) is 10.9. The number of likely N-dealkylation sites (N-methyl/N-ethyl adjacent to an activating group) is 1. The summed E-state index contributed by atoms with van der Waals surface area (Å²) >= 11 is 0. The number of hydrogen-bond acceptors (Lipinski definition) is 5. The molecule has 1 aliphatic rings. The average molecular weight is 442 g/mol. The lowest BCUT2D eigenvalue weighted by atomic mass is 10.0. The highest BCUT2D eigenvalue weighted by atomic mass is 19.1. The molecule has 1 atom stereocenters. The van der Waals surface area contributed by atoms with Crippen LogP contribution >= 0.6 is 0 Å². The minimum Gasteiger partial charge on any atom is -0.378 e. The number of anilines is 2. The third-order valence-electron chi connectivity index (χ3n) is 5.74. The number of amides is 2. The molecule has 1 heterocycles. The van der Waals surface area contributed by atoms with Crippen LogP contribution in [0.25, 0.3) is 0 Å². The lowest BCUT2D eigenvalue weighted by Crippen LogP contribution is -2.50. The Kier molecular flexibility index (Phi) is 8.05. The number of piperazine rings is 1. The zero-order valence-electron chi connectivity index (χ0n) is 19.0. The van der Waals surface area contributed by atoms with Crippen molar-refractivity contribution in [3.8, 4) is 0 Å². The third kappa shape index (κ3) is 5.97. The van der Waals surface area contributed by atoms with Gasteiger partial charge in [-0.3, -0.25) is 14.5 Å². The molecule has 2 aromatic rings. The Balaban J connectivity index is 1.71. The van der Waals surface area contributed by atoms with E-state index < -0.39 is 11.8 Å². The minimum atomic E-state index is -0.619. The predicted molar refractivity (Wildman–Crippen MR) is 125 cm³/mol. The Morgan fingerprint density at radius 3 is 2.09 bits per heavy atom. The van der Waals surface area contributed by atoms with E-state index in [9.17, 15) is 14.0 Å². The second-order valence-electron chi connectivity index (χ2n) is 8.07. The number of benzene rings is 2. The van der Waals surface area contributed by atoms with E-state index >= 15 is 0 Å². The van der Waals surface area contributed by atoms with Crippen LogP contribution in [0.2, 0.25) is 0 Å². The molecule has 32 heavy (non-hydrogen) atoms. The molecule has 2 amide bonds. The average Bonchev–Trinajstić information content (AvgIpc) is 2.80. The SMILES string of the molecule is CCNC(=O)C(=O)NC[C@@H](c1ccc(N(C)C)cc1)N1CCN(c2ccc(F)cc2)CC1. The van der Waals surface area contributed by atoms with Crippen LogP contribution in [-0.2, 0) is 9.59 Å². The fourth-order valence-electron chi connectivity index (χ4n) is 3.91. The van der Waals surface area contributed by atoms with E-state index in [1.165, 1.54) is 12.1 Å². The Bertz CT molecular complexity index is 894. The normalized spacial score (nSPS) is 15.2. The lowest BCUT2D eigenvalue weighted by molar-refractivity contribution is -0.139. The summed E-state index contributed by atoms with van der Waals surface area (Å²) in [5, 5.41) is 5.32. The Hall–Kier alpha value is -3.13. The van der Waals surface area contributed by atoms with Gasteiger partial charge in [0.2, 0.25) is 0 Å². The zero-order valence-corrected chi connectivity index (χ0v) is 19.0. The van der Waals surface area contributed by atoms with Gasteiger partial charge in [-0.15, -0.1) is 0 Å². The number of rotatable bonds is 7. The van der Waals surface area contributed by atoms with E-state index in [-0.39, 0.29) is 11.9 Å². The molecule has 0 saturated carbocycles. The third-order valence-corrected chi connectivity index (χ3v) is 5.74. The van der Waals surface area contributed by atoms with E-state index in [2.05, 4.69) is 44.7 Å². The van der Waals surface area contributed by atoms with Crippen molar-refractivity contribution in [1.82, 2.24) is 15.5 Å². The largest absolute Gasteiger partial charge is 0.378 e. The minimum absolute atomic E-state index is 0.0556. The Labute approximate surface area is 189 Å². The van der Waals surface area contributed by atoms with Crippen LogP contribution in [-0.4, -0.2) is 70.1 Å². The summed E-state index contributed by atoms with van der Waals surface area (Å²) in [6, 6.07) is 14.8. The molecular weight excluding hydrogens is 409 g/mol. The quantitative estimate of drug-likeness (QED) is 0.644. The lowest BCUT2D eigenvalue weighted by Gasteiger charge is -2.40. The van der Waals surface area contributed by atoms with Gasteiger partial charge in [0.05, 0.1) is 6.04 Å². The predicted octanol–water partition coefficient (Wildman–Crippen LogP) is 2.01. The maximum absolute atomic E-state index is 13.3. The Morgan fingerprint density at radius 2 is 1.53 bits per heavy atom. The van der Waals surface area contributed by atoms with Crippen LogP contribution < -0.4 is 20.4 Å². The summed E-state index contributed by atoms with van der Waals surface area (Å²) in [6.07, 6.45) is 0. The van der Waals surface area contributed by atoms with Gasteiger partial charge in [-0.05, 0) is 48.9 Å². The van der Waals surface area contributed by atoms with Gasteiger partial charge in [0.25, 0.3) is 0 Å². The van der Waals surface area contributed by atoms with Crippen LogP contribution in [0.5, 0.6) is 0 Å². The van der Waals surface area contributed by atoms with Crippen LogP contribution in [0.1, 0.15) is 18.5 Å². The standard InChI is InChI=1S/C24H32FN5O2/c1-4-26-23(31)24(32)27-17-22(18-5-9-20(10-6-18)28(2)3)30-15-13-29(14-16-30)21-11-7-19(25)8-12-21/h5-12,22H,4,13-17H2,1-3H3,(H,26,31)(H,27,32)/t22-/m0/s1. The number of nitrogens with one attached hydrogen (secondary N) is 2. The molecule has 2 aromatic carbocycles. The van der Waals surface area contributed by atoms with Crippen molar-refractivity contribution in [2.75, 3.05) is 63.2 Å². The first kappa shape index (κ1) is 23.5. The first-order valence-electron chi connectivity index (χ1n) is 11.0. The summed E-state index contributed by atoms with van der Waals surface area (Å²) in [4.78, 5) is 30.6. The second-order valence-corrected chi connectivity index (χ2v) is 8.07. The van der Waals surface area contributed by atoms with Crippen LogP contribution in [0.15, 0.2) is 48.5 Å². The number of hydrogen-bond donors (Lipinski definition) is 2. The first-order valence-corrected chi connectivity index (χ1v) is 11.0. The fourth-order valence-corrected chi connectivity index (χ4v) is 3.91. The summed E-state index contributed by atoms with van der Waals surface area (Å²) < 4.78 is 13.3. The van der Waals surface area contributed by atoms with E-state index in [1.807, 2.05) is 19.0 Å². The van der Waals surface area contributed by atoms with Gasteiger partial charge in [0.1, 0.15) is 5.82 Å². The van der Waals surface area contributed by atoms with Crippen molar-refractivity contribution in [2.24, 2.45) is 0 Å². The molecule has 8 heteroatoms. The van der Waals surface area contributed by atoms with Gasteiger partial charge < -0.3 is 20.4 Å². The molecule has 0 aromatic heterocycles. The van der Waals surface area contributed by atoms with Crippen molar-refractivity contribution in [3.63, 3.8) is 0 Å². The van der Waals surface area contributed by atoms with Crippen LogP contribution in [0, 0.1) is 5.82 Å². The molecule has 1 fully saturated rings. The molecule has 0 radical (unpaired) electrons. The van der Waals surface area contributed by atoms with E-state index in [0.717, 1.165) is 43.1 Å². The van der Waals surface area contributed by atoms with Crippen molar-refractivity contribution in [1.29, 1.82) is 0 Å². The van der Waals surface area contributed by atoms with Gasteiger partial charge in [-0.2, -0.15) is 0 Å². The highest BCUT2D eigenvalue weighted by Crippen LogP contribution is 2.26. The van der Waals surface area contributed by atoms with E-state index in [0.29, 0.717) is 13.1 Å². The van der Waals surface area contributed by atoms with Gasteiger partial charge in [-0.25, -0.2) is 4.39 Å². The molecule has 1 aliphatic heterocycles. The highest BCUT2D eigenvalue weighted by Gasteiger charge is 2.26. The maximum atomic E-state index is 13.3. The molecular formula is C24H32FN5O2. The molecule has 172 valence electrons. The molecule has 3 rings (SSSR count). The molecule has 0 unspecified atom stereocenters. The maximum Gasteiger partial charge on any atom is 0.309 e. The fraction of sp³-hybridized carbons (Fsp3) is 0.417. The first-order chi connectivity index (χ1) is 15.4. The summed E-state index contributed by atoms with van der Waals surface area (Å²) in [5.41, 5.74) is 3.18. The highest BCUT2D eigenvalue weighted by molar-refractivity contribution is 6.35. The molecule has 0 spiro atoms. The van der Waals surface area contributed by atoms with E-state index in [4.69, 9.17) is 0 Å². The van der Waals surface area contributed by atoms with Gasteiger partial charge in [0.15, 0.2) is 0 Å². The zero-order chi connectivity index (χ0) is 23.1. The number of halogens is 1. The summed E-state index contributed by atoms with van der Waals surface area (Å²) in [5.74, 6) is -1.47. The molecule has 1 saturated heterocycles. The number of carbonyl (C=O) groups is 2. The van der Waals surface area contributed by atoms with Crippen molar-refractivity contribution in [2.45, 2.75) is 13.0 Å². The van der Waals surface area contributed by atoms with Gasteiger partial charge in [0, 0.05) is 64.7 Å². The van der Waals surface area contributed by atoms with Crippen molar-refractivity contribution in [3.05, 3.63) is 59.9 Å². The van der Waals surface area contributed by atoms with Crippen LogP contribution in [0.3, 0.4) is 0 Å². The molecule has 0 aliphatic carbocycles. The number of carbonyl (C=O) groups excluding carboxylic acids is 2. The van der Waals surface area contributed by atoms with E-state index in [1.54, 1.807) is 19.1 Å². The summed E-state index contributed by atoms with van der Waals surface area (Å²) in [6.45, 7) is 5.69. The molecule has 7 nitrogen and oxygen atoms in total. The van der Waals surface area contributed by atoms with Gasteiger partial charge >= 0.3 is 11.8 Å². The Morgan fingerprint density at radius 1 is 0.938 bits per heavy atom. The van der Waals surface area contributed by atoms with Crippen molar-refractivity contribution >= 4 is 23.2 Å². The number of nitrogens with zero attached hydrogens (tertiary/aromatic N) is 3. The molecule has 0 bridgehead atoms.